The molecule has 0 spiro atoms. The zero-order valence-electron chi connectivity index (χ0n) is 16.0. The smallest absolute Gasteiger partial charge is 0.243 e. The summed E-state index contributed by atoms with van der Waals surface area (Å²) in [6, 6.07) is 10.4. The van der Waals surface area contributed by atoms with E-state index in [1.54, 1.807) is 0 Å². The first-order chi connectivity index (χ1) is 13.8. The van der Waals surface area contributed by atoms with Gasteiger partial charge in [0.2, 0.25) is 11.8 Å². The number of rotatable bonds is 4. The Kier molecular flexibility index (Phi) is 4.31. The van der Waals surface area contributed by atoms with Crippen molar-refractivity contribution in [3.05, 3.63) is 42.7 Å². The Bertz CT molecular complexity index is 1120. The van der Waals surface area contributed by atoms with E-state index >= 15 is 0 Å². The van der Waals surface area contributed by atoms with Crippen LogP contribution in [0.2, 0.25) is 0 Å². The number of piperidine rings is 1. The summed E-state index contributed by atoms with van der Waals surface area (Å²) in [7, 11) is 0. The monoisotopic (exact) mass is 373 g/mol. The first-order valence-corrected chi connectivity index (χ1v) is 9.95. The number of nitrogens with zero attached hydrogens (tertiary/aromatic N) is 4. The number of ether oxygens (including phenoxy) is 1. The molecule has 0 atom stereocenters. The molecule has 4 aromatic rings. The van der Waals surface area contributed by atoms with Crippen LogP contribution in [0.1, 0.15) is 26.2 Å². The number of H-pyrrole nitrogens is 1. The molecule has 3 aromatic heterocycles. The third kappa shape index (κ3) is 2.85. The molecule has 4 heterocycles. The highest BCUT2D eigenvalue weighted by molar-refractivity contribution is 6.11. The van der Waals surface area contributed by atoms with Crippen LogP contribution in [-0.4, -0.2) is 39.6 Å². The Morgan fingerprint density at radius 3 is 2.61 bits per heavy atom. The fraction of sp³-hybridized carbons (Fsp3) is 0.318. The summed E-state index contributed by atoms with van der Waals surface area (Å²) in [4.78, 5) is 19.7. The van der Waals surface area contributed by atoms with Crippen molar-refractivity contribution in [2.45, 2.75) is 26.2 Å². The van der Waals surface area contributed by atoms with Gasteiger partial charge in [0.15, 0.2) is 0 Å². The summed E-state index contributed by atoms with van der Waals surface area (Å²) in [6.07, 6.45) is 7.28. The Morgan fingerprint density at radius 2 is 1.82 bits per heavy atom. The minimum atomic E-state index is 0.568. The molecule has 0 radical (unpaired) electrons. The van der Waals surface area contributed by atoms with Crippen LogP contribution in [0.15, 0.2) is 42.7 Å². The van der Waals surface area contributed by atoms with Crippen LogP contribution in [0.3, 0.4) is 0 Å². The van der Waals surface area contributed by atoms with Gasteiger partial charge in [0.25, 0.3) is 0 Å². The molecule has 1 aromatic carbocycles. The van der Waals surface area contributed by atoms with E-state index in [0.29, 0.717) is 12.5 Å². The molecule has 6 nitrogen and oxygen atoms in total. The lowest BCUT2D eigenvalue weighted by molar-refractivity contribution is 0.330. The van der Waals surface area contributed by atoms with Crippen molar-refractivity contribution in [2.75, 3.05) is 24.6 Å². The minimum absolute atomic E-state index is 0.568. The van der Waals surface area contributed by atoms with Gasteiger partial charge < -0.3 is 14.6 Å². The molecule has 142 valence electrons. The van der Waals surface area contributed by atoms with Crippen molar-refractivity contribution in [1.29, 1.82) is 0 Å². The van der Waals surface area contributed by atoms with Crippen molar-refractivity contribution in [3.63, 3.8) is 0 Å². The molecular formula is C22H23N5O. The fourth-order valence-electron chi connectivity index (χ4n) is 3.99. The molecule has 1 saturated heterocycles. The Balaban J connectivity index is 1.74. The number of aromatic amines is 1. The molecule has 0 unspecified atom stereocenters. The number of hydrogen-bond acceptors (Lipinski definition) is 5. The number of pyridine rings is 1. The van der Waals surface area contributed by atoms with Gasteiger partial charge in [0.05, 0.1) is 12.1 Å². The van der Waals surface area contributed by atoms with Gasteiger partial charge in [-0.3, -0.25) is 4.98 Å². The second-order valence-corrected chi connectivity index (χ2v) is 7.12. The molecular weight excluding hydrogens is 350 g/mol. The topological polar surface area (TPSA) is 66.9 Å². The molecule has 0 bridgehead atoms. The first kappa shape index (κ1) is 17.0. The van der Waals surface area contributed by atoms with Crippen molar-refractivity contribution in [2.24, 2.45) is 0 Å². The number of aromatic nitrogens is 4. The average Bonchev–Trinajstić information content (AvgIpc) is 3.14. The number of anilines is 1. The summed E-state index contributed by atoms with van der Waals surface area (Å²) < 4.78 is 5.91. The lowest BCUT2D eigenvalue weighted by atomic mass is 10.0. The largest absolute Gasteiger partial charge is 0.476 e. The van der Waals surface area contributed by atoms with Crippen LogP contribution in [-0.2, 0) is 0 Å². The van der Waals surface area contributed by atoms with E-state index in [4.69, 9.17) is 14.7 Å². The molecule has 1 fully saturated rings. The van der Waals surface area contributed by atoms with Gasteiger partial charge in [-0.1, -0.05) is 18.2 Å². The third-order valence-electron chi connectivity index (χ3n) is 5.34. The predicted octanol–water partition coefficient (Wildman–Crippen LogP) is 4.56. The Labute approximate surface area is 163 Å². The fourth-order valence-corrected chi connectivity index (χ4v) is 3.99. The highest BCUT2D eigenvalue weighted by Crippen LogP contribution is 2.36. The van der Waals surface area contributed by atoms with E-state index in [-0.39, 0.29) is 0 Å². The van der Waals surface area contributed by atoms with Crippen LogP contribution in [0.5, 0.6) is 5.88 Å². The van der Waals surface area contributed by atoms with Crippen molar-refractivity contribution < 1.29 is 4.74 Å². The van der Waals surface area contributed by atoms with E-state index < -0.39 is 0 Å². The van der Waals surface area contributed by atoms with E-state index in [2.05, 4.69) is 33.1 Å². The molecule has 6 heteroatoms. The predicted molar refractivity (Wildman–Crippen MR) is 112 cm³/mol. The van der Waals surface area contributed by atoms with Crippen LogP contribution in [0, 0.1) is 0 Å². The molecule has 0 amide bonds. The average molecular weight is 373 g/mol. The molecule has 1 aliphatic heterocycles. The lowest BCUT2D eigenvalue weighted by Crippen LogP contribution is -2.31. The number of para-hydroxylation sites is 1. The summed E-state index contributed by atoms with van der Waals surface area (Å²) in [5, 5.41) is 1.09. The van der Waals surface area contributed by atoms with Crippen molar-refractivity contribution >= 4 is 27.9 Å². The van der Waals surface area contributed by atoms with Gasteiger partial charge in [-0.05, 0) is 43.9 Å². The Morgan fingerprint density at radius 1 is 1.00 bits per heavy atom. The number of nitrogens with one attached hydrogen (secondary N) is 1. The molecule has 28 heavy (non-hydrogen) atoms. The first-order valence-electron chi connectivity index (χ1n) is 9.95. The quantitative estimate of drug-likeness (QED) is 0.568. The maximum absolute atomic E-state index is 5.91. The second-order valence-electron chi connectivity index (χ2n) is 7.12. The van der Waals surface area contributed by atoms with Crippen LogP contribution in [0.4, 0.5) is 5.95 Å². The van der Waals surface area contributed by atoms with Crippen LogP contribution in [0.25, 0.3) is 33.1 Å². The van der Waals surface area contributed by atoms with Crippen LogP contribution < -0.4 is 9.64 Å². The molecule has 0 saturated carbocycles. The lowest BCUT2D eigenvalue weighted by Gasteiger charge is -2.26. The number of benzene rings is 1. The van der Waals surface area contributed by atoms with Gasteiger partial charge in [-0.15, -0.1) is 0 Å². The van der Waals surface area contributed by atoms with Crippen LogP contribution >= 0.6 is 0 Å². The maximum Gasteiger partial charge on any atom is 0.243 e. The number of hydrogen-bond donors (Lipinski definition) is 1. The summed E-state index contributed by atoms with van der Waals surface area (Å²) in [5.74, 6) is 1.40. The molecule has 0 aliphatic carbocycles. The third-order valence-corrected chi connectivity index (χ3v) is 5.34. The normalized spacial score (nSPS) is 14.7. The van der Waals surface area contributed by atoms with Gasteiger partial charge in [-0.25, -0.2) is 4.98 Å². The standard InChI is InChI=1S/C22H23N5O/c1-2-28-21-20-19(25-22(26-21)27-13-4-3-5-14-27)17-8-6-7-16(18(17)24-20)15-9-11-23-12-10-15/h6-12,24H,2-5,13-14H2,1H3. The zero-order valence-corrected chi connectivity index (χ0v) is 16.0. The van der Waals surface area contributed by atoms with Gasteiger partial charge in [0.1, 0.15) is 11.0 Å². The van der Waals surface area contributed by atoms with Gasteiger partial charge >= 0.3 is 0 Å². The SMILES string of the molecule is CCOc1nc(N2CCCCC2)nc2c1[nH]c1c(-c3ccncc3)cccc12. The van der Waals surface area contributed by atoms with Crippen molar-refractivity contribution in [1.82, 2.24) is 19.9 Å². The maximum atomic E-state index is 5.91. The summed E-state index contributed by atoms with van der Waals surface area (Å²) in [6.45, 7) is 4.56. The number of fused-ring (bicyclic) bond motifs is 3. The second kappa shape index (κ2) is 7.11. The van der Waals surface area contributed by atoms with Gasteiger partial charge in [-0.2, -0.15) is 4.98 Å². The van der Waals surface area contributed by atoms with Gasteiger partial charge in [0, 0.05) is 36.4 Å². The highest BCUT2D eigenvalue weighted by atomic mass is 16.5. The summed E-state index contributed by atoms with van der Waals surface area (Å²) >= 11 is 0. The van der Waals surface area contributed by atoms with E-state index in [9.17, 15) is 0 Å². The molecule has 5 rings (SSSR count). The zero-order chi connectivity index (χ0) is 18.9. The summed E-state index contributed by atoms with van der Waals surface area (Å²) in [5.41, 5.74) is 5.08. The van der Waals surface area contributed by atoms with Crippen molar-refractivity contribution in [3.8, 4) is 17.0 Å². The highest BCUT2D eigenvalue weighted by Gasteiger charge is 2.20. The minimum Gasteiger partial charge on any atom is -0.476 e. The molecule has 1 N–H and O–H groups in total. The van der Waals surface area contributed by atoms with E-state index in [1.807, 2.05) is 31.5 Å². The van der Waals surface area contributed by atoms with E-state index in [1.165, 1.54) is 19.3 Å². The van der Waals surface area contributed by atoms with E-state index in [0.717, 1.165) is 52.1 Å². The Hall–Kier alpha value is -3.15. The molecule has 1 aliphatic rings.